The maximum atomic E-state index is 13.9. The first-order chi connectivity index (χ1) is 17.6. The van der Waals surface area contributed by atoms with Crippen LogP contribution in [0, 0.1) is 5.92 Å². The minimum atomic E-state index is -0.495. The lowest BCUT2D eigenvalue weighted by Crippen LogP contribution is -3.00. The van der Waals surface area contributed by atoms with Gasteiger partial charge in [0.2, 0.25) is 0 Å². The number of thiophene rings is 1. The van der Waals surface area contributed by atoms with Crippen molar-refractivity contribution in [3.05, 3.63) is 52.3 Å². The third-order valence-electron chi connectivity index (χ3n) is 8.97. The van der Waals surface area contributed by atoms with Crippen molar-refractivity contribution in [2.45, 2.75) is 69.3 Å². The SMILES string of the molecule is O=C(Cc1noc2ccccc12)C[N+]12CCC(CC1)[C@@H](OC(=O)C1(c3cccs3)CCCCCC1)C2.[Cl-]. The molecule has 3 aromatic rings. The van der Waals surface area contributed by atoms with Gasteiger partial charge in [0, 0.05) is 29.0 Å². The van der Waals surface area contributed by atoms with Crippen LogP contribution in [0.4, 0.5) is 0 Å². The number of fused-ring (bicyclic) bond motifs is 4. The fourth-order valence-corrected chi connectivity index (χ4v) is 7.92. The van der Waals surface area contributed by atoms with Gasteiger partial charge >= 0.3 is 5.97 Å². The maximum Gasteiger partial charge on any atom is 0.317 e. The van der Waals surface area contributed by atoms with Crippen molar-refractivity contribution in [1.29, 1.82) is 0 Å². The molecule has 3 aliphatic heterocycles. The molecular formula is C29H35ClN2O4S. The molecule has 4 fully saturated rings. The van der Waals surface area contributed by atoms with Gasteiger partial charge in [0.05, 0.1) is 25.2 Å². The summed E-state index contributed by atoms with van der Waals surface area (Å²) in [6, 6.07) is 11.9. The molecule has 7 rings (SSSR count). The van der Waals surface area contributed by atoms with Gasteiger partial charge in [-0.05, 0) is 36.4 Å². The number of ether oxygens (including phenoxy) is 1. The summed E-state index contributed by atoms with van der Waals surface area (Å²) in [5, 5.41) is 7.15. The second kappa shape index (κ2) is 10.9. The average molecular weight is 543 g/mol. The summed E-state index contributed by atoms with van der Waals surface area (Å²) in [6.45, 7) is 3.19. The number of para-hydroxylation sites is 1. The molecule has 2 aromatic heterocycles. The molecule has 37 heavy (non-hydrogen) atoms. The van der Waals surface area contributed by atoms with Gasteiger partial charge in [0.25, 0.3) is 0 Å². The van der Waals surface area contributed by atoms with Gasteiger partial charge in [-0.2, -0.15) is 0 Å². The summed E-state index contributed by atoms with van der Waals surface area (Å²) in [7, 11) is 0. The Hall–Kier alpha value is -2.22. The van der Waals surface area contributed by atoms with Crippen LogP contribution >= 0.6 is 11.3 Å². The zero-order chi connectivity index (χ0) is 24.6. The molecule has 3 saturated heterocycles. The van der Waals surface area contributed by atoms with Gasteiger partial charge in [0.15, 0.2) is 17.5 Å². The molecule has 1 aliphatic carbocycles. The number of piperidine rings is 3. The number of halogens is 1. The van der Waals surface area contributed by atoms with E-state index in [0.717, 1.165) is 84.2 Å². The van der Waals surface area contributed by atoms with Crippen LogP contribution in [0.2, 0.25) is 0 Å². The Bertz CT molecular complexity index is 1220. The van der Waals surface area contributed by atoms with E-state index in [1.807, 2.05) is 24.3 Å². The van der Waals surface area contributed by atoms with E-state index < -0.39 is 5.41 Å². The first-order valence-electron chi connectivity index (χ1n) is 13.5. The van der Waals surface area contributed by atoms with Crippen molar-refractivity contribution in [2.24, 2.45) is 5.92 Å². The van der Waals surface area contributed by atoms with E-state index in [-0.39, 0.29) is 36.7 Å². The summed E-state index contributed by atoms with van der Waals surface area (Å²) in [6.07, 6.45) is 8.52. The van der Waals surface area contributed by atoms with Gasteiger partial charge in [0.1, 0.15) is 18.5 Å². The molecule has 0 N–H and O–H groups in total. The predicted octanol–water partition coefficient (Wildman–Crippen LogP) is 2.45. The summed E-state index contributed by atoms with van der Waals surface area (Å²) < 4.78 is 12.6. The molecule has 6 nitrogen and oxygen atoms in total. The highest BCUT2D eigenvalue weighted by molar-refractivity contribution is 7.10. The third kappa shape index (κ3) is 5.10. The summed E-state index contributed by atoms with van der Waals surface area (Å²) >= 11 is 1.69. The van der Waals surface area contributed by atoms with Crippen LogP contribution in [0.25, 0.3) is 11.0 Å². The molecular weight excluding hydrogens is 508 g/mol. The Morgan fingerprint density at radius 3 is 2.54 bits per heavy atom. The first-order valence-corrected chi connectivity index (χ1v) is 14.4. The van der Waals surface area contributed by atoms with Crippen molar-refractivity contribution in [3.63, 3.8) is 0 Å². The standard InChI is InChI=1S/C29H35N2O4S.ClH/c32-22(18-24-23-8-3-4-9-25(23)35-30-24)19-31-15-11-21(12-16-31)26(20-31)34-28(33)29(27-10-7-17-36-27)13-5-1-2-6-14-29;/h3-4,7-10,17,21,26H,1-2,5-6,11-16,18-20H2;1H/q+1;/p-1/t21?,26-,31?;/m0./s1. The van der Waals surface area contributed by atoms with E-state index in [1.54, 1.807) is 11.3 Å². The van der Waals surface area contributed by atoms with E-state index in [4.69, 9.17) is 9.26 Å². The number of aromatic nitrogens is 1. The van der Waals surface area contributed by atoms with Crippen molar-refractivity contribution >= 4 is 34.1 Å². The number of rotatable bonds is 7. The fourth-order valence-electron chi connectivity index (χ4n) is 6.94. The number of carbonyl (C=O) groups excluding carboxylic acids is 2. The zero-order valence-corrected chi connectivity index (χ0v) is 22.8. The minimum absolute atomic E-state index is 0. The van der Waals surface area contributed by atoms with Crippen molar-refractivity contribution < 1.29 is 35.7 Å². The number of ketones is 1. The lowest BCUT2D eigenvalue weighted by Gasteiger charge is -2.52. The number of carbonyl (C=O) groups is 2. The van der Waals surface area contributed by atoms with Crippen molar-refractivity contribution in [2.75, 3.05) is 26.2 Å². The average Bonchev–Trinajstić information content (AvgIpc) is 3.50. The molecule has 8 heteroatoms. The van der Waals surface area contributed by atoms with Gasteiger partial charge < -0.3 is 26.2 Å². The van der Waals surface area contributed by atoms with E-state index in [1.165, 1.54) is 12.8 Å². The normalized spacial score (nSPS) is 26.8. The quantitative estimate of drug-likeness (QED) is 0.261. The minimum Gasteiger partial charge on any atom is -1.00 e. The van der Waals surface area contributed by atoms with Gasteiger partial charge in [-0.25, -0.2) is 0 Å². The van der Waals surface area contributed by atoms with Crippen LogP contribution in [0.1, 0.15) is 61.9 Å². The maximum absolute atomic E-state index is 13.9. The summed E-state index contributed by atoms with van der Waals surface area (Å²) in [5.41, 5.74) is 0.942. The van der Waals surface area contributed by atoms with Crippen molar-refractivity contribution in [3.8, 4) is 0 Å². The van der Waals surface area contributed by atoms with Crippen LogP contribution in [-0.2, 0) is 26.2 Å². The Morgan fingerprint density at radius 1 is 1.05 bits per heavy atom. The molecule has 0 radical (unpaired) electrons. The second-order valence-electron chi connectivity index (χ2n) is 11.2. The summed E-state index contributed by atoms with van der Waals surface area (Å²) in [5.74, 6) is 0.567. The van der Waals surface area contributed by atoms with Gasteiger partial charge in [-0.1, -0.05) is 49.0 Å². The third-order valence-corrected chi connectivity index (χ3v) is 10.0. The van der Waals surface area contributed by atoms with Crippen LogP contribution in [0.3, 0.4) is 0 Å². The highest BCUT2D eigenvalue weighted by Crippen LogP contribution is 2.43. The molecule has 1 atom stereocenters. The largest absolute Gasteiger partial charge is 1.00 e. The van der Waals surface area contributed by atoms with E-state index in [0.29, 0.717) is 12.5 Å². The van der Waals surface area contributed by atoms with Crippen LogP contribution < -0.4 is 12.4 Å². The monoisotopic (exact) mass is 542 g/mol. The second-order valence-corrected chi connectivity index (χ2v) is 12.2. The Labute approximate surface area is 228 Å². The van der Waals surface area contributed by atoms with E-state index in [9.17, 15) is 9.59 Å². The highest BCUT2D eigenvalue weighted by atomic mass is 35.5. The Morgan fingerprint density at radius 2 is 1.81 bits per heavy atom. The fraction of sp³-hybridized carbons (Fsp3) is 0.552. The van der Waals surface area contributed by atoms with Gasteiger partial charge in [-0.3, -0.25) is 9.59 Å². The van der Waals surface area contributed by atoms with Crippen LogP contribution in [0.15, 0.2) is 46.3 Å². The first kappa shape index (κ1) is 26.4. The number of benzene rings is 1. The van der Waals surface area contributed by atoms with E-state index in [2.05, 4.69) is 22.7 Å². The highest BCUT2D eigenvalue weighted by Gasteiger charge is 2.51. The number of esters is 1. The van der Waals surface area contributed by atoms with E-state index >= 15 is 0 Å². The molecule has 4 aliphatic rings. The molecule has 198 valence electrons. The zero-order valence-electron chi connectivity index (χ0n) is 21.2. The predicted molar refractivity (Wildman–Crippen MR) is 139 cm³/mol. The number of nitrogens with zero attached hydrogens (tertiary/aromatic N) is 2. The van der Waals surface area contributed by atoms with Crippen LogP contribution in [-0.4, -0.2) is 53.7 Å². The molecule has 2 bridgehead atoms. The molecule has 1 saturated carbocycles. The number of quaternary nitrogens is 1. The molecule has 5 heterocycles. The lowest BCUT2D eigenvalue weighted by atomic mass is 9.78. The van der Waals surface area contributed by atoms with Gasteiger partial charge in [-0.15, -0.1) is 11.3 Å². The summed E-state index contributed by atoms with van der Waals surface area (Å²) in [4.78, 5) is 28.3. The Balaban J connectivity index is 0.00000280. The number of Topliss-reactive ketones (excluding diaryl/α,β-unsaturated/α-hetero) is 1. The molecule has 0 amide bonds. The number of hydrogen-bond donors (Lipinski definition) is 0. The molecule has 0 spiro atoms. The topological polar surface area (TPSA) is 69.4 Å². The van der Waals surface area contributed by atoms with Crippen molar-refractivity contribution in [1.82, 2.24) is 5.16 Å². The smallest absolute Gasteiger partial charge is 0.317 e. The molecule has 0 unspecified atom stereocenters. The molecule has 1 aromatic carbocycles. The lowest BCUT2D eigenvalue weighted by molar-refractivity contribution is -0.939. The Kier molecular flexibility index (Phi) is 7.75. The van der Waals surface area contributed by atoms with Crippen LogP contribution in [0.5, 0.6) is 0 Å². The number of hydrogen-bond acceptors (Lipinski definition) is 6.